The van der Waals surface area contributed by atoms with Gasteiger partial charge in [-0.2, -0.15) is 16.9 Å². The van der Waals surface area contributed by atoms with Crippen LogP contribution in [-0.4, -0.2) is 39.5 Å². The molecule has 0 spiro atoms. The smallest absolute Gasteiger partial charge is 0.0534 e. The van der Waals surface area contributed by atoms with Crippen LogP contribution in [0.5, 0.6) is 0 Å². The standard InChI is InChI=1S/C10H19N3OS/c1-13-9-10(8-12-13)7-11-3-6-15-5-2-4-14/h8-9,11,14H,2-7H2,1H3. The van der Waals surface area contributed by atoms with Gasteiger partial charge >= 0.3 is 0 Å². The topological polar surface area (TPSA) is 50.1 Å². The van der Waals surface area contributed by atoms with E-state index in [1.807, 2.05) is 35.9 Å². The highest BCUT2D eigenvalue weighted by Gasteiger charge is 1.95. The lowest BCUT2D eigenvalue weighted by molar-refractivity contribution is 0.296. The first kappa shape index (κ1) is 12.5. The van der Waals surface area contributed by atoms with E-state index in [-0.39, 0.29) is 0 Å². The molecule has 0 radical (unpaired) electrons. The SMILES string of the molecule is Cn1cc(CNCCSCCCO)cn1. The lowest BCUT2D eigenvalue weighted by atomic mass is 10.3. The molecule has 15 heavy (non-hydrogen) atoms. The van der Waals surface area contributed by atoms with Crippen LogP contribution in [0.1, 0.15) is 12.0 Å². The Hall–Kier alpha value is -0.520. The van der Waals surface area contributed by atoms with Gasteiger partial charge in [0.1, 0.15) is 0 Å². The average Bonchev–Trinajstić information content (AvgIpc) is 2.63. The number of aryl methyl sites for hydroxylation is 1. The molecule has 1 heterocycles. The largest absolute Gasteiger partial charge is 0.396 e. The van der Waals surface area contributed by atoms with Crippen molar-refractivity contribution in [3.05, 3.63) is 18.0 Å². The molecular formula is C10H19N3OS. The second-order valence-electron chi connectivity index (χ2n) is 3.39. The number of hydrogen-bond donors (Lipinski definition) is 2. The Morgan fingerprint density at radius 3 is 3.07 bits per heavy atom. The number of hydrogen-bond acceptors (Lipinski definition) is 4. The summed E-state index contributed by atoms with van der Waals surface area (Å²) in [5, 5.41) is 16.0. The molecule has 0 bridgehead atoms. The molecule has 0 atom stereocenters. The Labute approximate surface area is 95.1 Å². The number of thioether (sulfide) groups is 1. The Morgan fingerprint density at radius 2 is 2.40 bits per heavy atom. The lowest BCUT2D eigenvalue weighted by Gasteiger charge is -2.02. The van der Waals surface area contributed by atoms with Crippen molar-refractivity contribution >= 4 is 11.8 Å². The van der Waals surface area contributed by atoms with Gasteiger partial charge in [-0.05, 0) is 12.2 Å². The van der Waals surface area contributed by atoms with Crippen LogP contribution in [0.15, 0.2) is 12.4 Å². The minimum atomic E-state index is 0.302. The minimum absolute atomic E-state index is 0.302. The second kappa shape index (κ2) is 7.73. The summed E-state index contributed by atoms with van der Waals surface area (Å²) in [6.45, 7) is 2.19. The van der Waals surface area contributed by atoms with E-state index in [9.17, 15) is 0 Å². The Balaban J connectivity index is 1.93. The van der Waals surface area contributed by atoms with E-state index < -0.39 is 0 Å². The number of rotatable bonds is 8. The van der Waals surface area contributed by atoms with Gasteiger partial charge in [0, 0.05) is 44.3 Å². The summed E-state index contributed by atoms with van der Waals surface area (Å²) in [5.74, 6) is 2.14. The number of nitrogens with one attached hydrogen (secondary N) is 1. The fraction of sp³-hybridized carbons (Fsp3) is 0.700. The third kappa shape index (κ3) is 5.81. The third-order valence-corrected chi connectivity index (χ3v) is 3.03. The maximum Gasteiger partial charge on any atom is 0.0534 e. The predicted octanol–water partition coefficient (Wildman–Crippen LogP) is 0.625. The van der Waals surface area contributed by atoms with E-state index in [1.54, 1.807) is 0 Å². The van der Waals surface area contributed by atoms with E-state index in [1.165, 1.54) is 5.56 Å². The summed E-state index contributed by atoms with van der Waals surface area (Å²) < 4.78 is 1.81. The Morgan fingerprint density at radius 1 is 1.53 bits per heavy atom. The molecule has 1 aromatic heterocycles. The van der Waals surface area contributed by atoms with Gasteiger partial charge < -0.3 is 10.4 Å². The minimum Gasteiger partial charge on any atom is -0.396 e. The van der Waals surface area contributed by atoms with Crippen LogP contribution in [0, 0.1) is 0 Å². The molecule has 5 heteroatoms. The van der Waals surface area contributed by atoms with E-state index in [2.05, 4.69) is 10.4 Å². The highest BCUT2D eigenvalue weighted by Crippen LogP contribution is 2.00. The zero-order valence-corrected chi connectivity index (χ0v) is 9.96. The first-order valence-electron chi connectivity index (χ1n) is 5.20. The monoisotopic (exact) mass is 229 g/mol. The molecule has 86 valence electrons. The highest BCUT2D eigenvalue weighted by molar-refractivity contribution is 7.99. The number of aliphatic hydroxyl groups is 1. The van der Waals surface area contributed by atoms with Crippen molar-refractivity contribution in [3.8, 4) is 0 Å². The number of aliphatic hydroxyl groups excluding tert-OH is 1. The van der Waals surface area contributed by atoms with E-state index in [0.29, 0.717) is 6.61 Å². The van der Waals surface area contributed by atoms with Crippen molar-refractivity contribution in [1.29, 1.82) is 0 Å². The summed E-state index contributed by atoms with van der Waals surface area (Å²) in [4.78, 5) is 0. The molecule has 2 N–H and O–H groups in total. The Bertz CT molecular complexity index is 265. The second-order valence-corrected chi connectivity index (χ2v) is 4.61. The fourth-order valence-electron chi connectivity index (χ4n) is 1.21. The van der Waals surface area contributed by atoms with Crippen molar-refractivity contribution in [2.45, 2.75) is 13.0 Å². The summed E-state index contributed by atoms with van der Waals surface area (Å²) in [5.41, 5.74) is 1.22. The van der Waals surface area contributed by atoms with Crippen LogP contribution in [0.2, 0.25) is 0 Å². The zero-order chi connectivity index (χ0) is 10.9. The normalized spacial score (nSPS) is 10.8. The van der Waals surface area contributed by atoms with Crippen LogP contribution in [-0.2, 0) is 13.6 Å². The summed E-state index contributed by atoms with van der Waals surface area (Å²) in [6.07, 6.45) is 4.80. The van der Waals surface area contributed by atoms with Crippen LogP contribution < -0.4 is 5.32 Å². The van der Waals surface area contributed by atoms with Gasteiger partial charge in [-0.15, -0.1) is 0 Å². The van der Waals surface area contributed by atoms with Gasteiger partial charge in [0.05, 0.1) is 6.20 Å². The Kier molecular flexibility index (Phi) is 6.47. The van der Waals surface area contributed by atoms with Crippen LogP contribution in [0.3, 0.4) is 0 Å². The van der Waals surface area contributed by atoms with Crippen LogP contribution in [0.25, 0.3) is 0 Å². The molecule has 4 nitrogen and oxygen atoms in total. The molecule has 0 aromatic carbocycles. The van der Waals surface area contributed by atoms with E-state index in [0.717, 1.165) is 31.0 Å². The third-order valence-electron chi connectivity index (χ3n) is 1.96. The number of nitrogens with zero attached hydrogens (tertiary/aromatic N) is 2. The van der Waals surface area contributed by atoms with Crippen molar-refractivity contribution < 1.29 is 5.11 Å². The summed E-state index contributed by atoms with van der Waals surface area (Å²) in [7, 11) is 1.92. The maximum absolute atomic E-state index is 8.58. The summed E-state index contributed by atoms with van der Waals surface area (Å²) >= 11 is 1.87. The van der Waals surface area contributed by atoms with Crippen LogP contribution >= 0.6 is 11.8 Å². The fourth-order valence-corrected chi connectivity index (χ4v) is 2.03. The molecule has 0 aliphatic carbocycles. The lowest BCUT2D eigenvalue weighted by Crippen LogP contribution is -2.16. The first-order chi connectivity index (χ1) is 7.33. The average molecular weight is 229 g/mol. The van der Waals surface area contributed by atoms with Gasteiger partial charge in [0.2, 0.25) is 0 Å². The van der Waals surface area contributed by atoms with Crippen LogP contribution in [0.4, 0.5) is 0 Å². The quantitative estimate of drug-likeness (QED) is 0.642. The molecule has 1 aromatic rings. The molecule has 1 rings (SSSR count). The molecule has 0 saturated heterocycles. The van der Waals surface area contributed by atoms with Gasteiger partial charge in [-0.25, -0.2) is 0 Å². The molecular weight excluding hydrogens is 210 g/mol. The van der Waals surface area contributed by atoms with E-state index in [4.69, 9.17) is 5.11 Å². The van der Waals surface area contributed by atoms with Crippen molar-refractivity contribution in [1.82, 2.24) is 15.1 Å². The van der Waals surface area contributed by atoms with Gasteiger partial charge in [0.15, 0.2) is 0 Å². The molecule has 0 aliphatic rings. The molecule has 0 unspecified atom stereocenters. The van der Waals surface area contributed by atoms with Gasteiger partial charge in [-0.1, -0.05) is 0 Å². The predicted molar refractivity (Wildman–Crippen MR) is 63.9 cm³/mol. The first-order valence-corrected chi connectivity index (χ1v) is 6.35. The molecule has 0 amide bonds. The molecule has 0 aliphatic heterocycles. The summed E-state index contributed by atoms with van der Waals surface area (Å²) in [6, 6.07) is 0. The zero-order valence-electron chi connectivity index (χ0n) is 9.15. The number of aromatic nitrogens is 2. The highest BCUT2D eigenvalue weighted by atomic mass is 32.2. The molecule has 0 fully saturated rings. The maximum atomic E-state index is 8.58. The molecule has 0 saturated carbocycles. The van der Waals surface area contributed by atoms with Crippen molar-refractivity contribution in [2.24, 2.45) is 7.05 Å². The van der Waals surface area contributed by atoms with Gasteiger partial charge in [-0.3, -0.25) is 4.68 Å². The van der Waals surface area contributed by atoms with Gasteiger partial charge in [0.25, 0.3) is 0 Å². The van der Waals surface area contributed by atoms with E-state index >= 15 is 0 Å². The van der Waals surface area contributed by atoms with Crippen molar-refractivity contribution in [2.75, 3.05) is 24.7 Å². The van der Waals surface area contributed by atoms with Crippen molar-refractivity contribution in [3.63, 3.8) is 0 Å².